The van der Waals surface area contributed by atoms with Crippen LogP contribution in [0, 0.1) is 6.92 Å². The minimum Gasteiger partial charge on any atom is -0.300 e. The number of nitrogens with two attached hydrogens (primary N) is 1. The number of hydrogen-bond acceptors (Lipinski definition) is 2. The highest BCUT2D eigenvalue weighted by Gasteiger charge is 1.95. The monoisotopic (exact) mass is 215 g/mol. The van der Waals surface area contributed by atoms with Crippen LogP contribution >= 0.6 is 15.9 Å². The number of benzene rings is 1. The van der Waals surface area contributed by atoms with Crippen LogP contribution in [0.4, 0.5) is 0 Å². The van der Waals surface area contributed by atoms with Crippen molar-refractivity contribution in [2.24, 2.45) is 5.90 Å². The third kappa shape index (κ3) is 2.29. The molecule has 1 aromatic rings. The van der Waals surface area contributed by atoms with Gasteiger partial charge in [0.1, 0.15) is 0 Å². The van der Waals surface area contributed by atoms with Gasteiger partial charge < -0.3 is 0 Å². The summed E-state index contributed by atoms with van der Waals surface area (Å²) in [6.07, 6.45) is 0. The van der Waals surface area contributed by atoms with Gasteiger partial charge in [-0.05, 0) is 24.1 Å². The van der Waals surface area contributed by atoms with Crippen LogP contribution in [0.3, 0.4) is 0 Å². The van der Waals surface area contributed by atoms with Crippen LogP contribution in [-0.4, -0.2) is 0 Å². The molecule has 0 aliphatic heterocycles. The second-order valence-corrected chi connectivity index (χ2v) is 3.25. The maximum atomic E-state index is 4.94. The molecule has 11 heavy (non-hydrogen) atoms. The van der Waals surface area contributed by atoms with Crippen molar-refractivity contribution in [2.45, 2.75) is 13.5 Å². The van der Waals surface area contributed by atoms with Crippen molar-refractivity contribution in [2.75, 3.05) is 0 Å². The van der Waals surface area contributed by atoms with Crippen molar-refractivity contribution in [3.8, 4) is 0 Å². The van der Waals surface area contributed by atoms with Gasteiger partial charge in [-0.15, -0.1) is 0 Å². The fraction of sp³-hybridized carbons (Fsp3) is 0.250. The lowest BCUT2D eigenvalue weighted by Gasteiger charge is -2.01. The Bertz CT molecular complexity index is 250. The van der Waals surface area contributed by atoms with Crippen molar-refractivity contribution in [1.29, 1.82) is 0 Å². The topological polar surface area (TPSA) is 35.2 Å². The summed E-state index contributed by atoms with van der Waals surface area (Å²) in [5, 5.41) is 0. The molecule has 0 saturated heterocycles. The fourth-order valence-electron chi connectivity index (χ4n) is 0.893. The lowest BCUT2D eigenvalue weighted by atomic mass is 10.1. The van der Waals surface area contributed by atoms with E-state index in [1.54, 1.807) is 0 Å². The van der Waals surface area contributed by atoms with E-state index in [2.05, 4.69) is 20.8 Å². The van der Waals surface area contributed by atoms with Gasteiger partial charge in [0.2, 0.25) is 0 Å². The Kier molecular flexibility index (Phi) is 3.05. The lowest BCUT2D eigenvalue weighted by molar-refractivity contribution is 0.124. The molecular weight excluding hydrogens is 206 g/mol. The van der Waals surface area contributed by atoms with Crippen LogP contribution in [0.2, 0.25) is 0 Å². The van der Waals surface area contributed by atoms with Crippen LogP contribution in [0.1, 0.15) is 11.1 Å². The third-order valence-corrected chi connectivity index (χ3v) is 2.36. The summed E-state index contributed by atoms with van der Waals surface area (Å²) < 4.78 is 1.11. The van der Waals surface area contributed by atoms with E-state index in [4.69, 9.17) is 5.90 Å². The van der Waals surface area contributed by atoms with Crippen LogP contribution in [0.15, 0.2) is 22.7 Å². The smallest absolute Gasteiger partial charge is 0.0930 e. The van der Waals surface area contributed by atoms with E-state index >= 15 is 0 Å². The van der Waals surface area contributed by atoms with Crippen molar-refractivity contribution in [1.82, 2.24) is 0 Å². The third-order valence-electron chi connectivity index (χ3n) is 1.47. The summed E-state index contributed by atoms with van der Waals surface area (Å²) in [5.41, 5.74) is 2.28. The predicted molar refractivity (Wildman–Crippen MR) is 47.9 cm³/mol. The lowest BCUT2D eigenvalue weighted by Crippen LogP contribution is -1.98. The van der Waals surface area contributed by atoms with Gasteiger partial charge in [-0.3, -0.25) is 4.84 Å². The molecule has 2 nitrogen and oxygen atoms in total. The number of hydrogen-bond donors (Lipinski definition) is 1. The zero-order valence-corrected chi connectivity index (χ0v) is 7.89. The zero-order chi connectivity index (χ0) is 8.27. The first-order valence-electron chi connectivity index (χ1n) is 3.30. The fourth-order valence-corrected chi connectivity index (χ4v) is 1.14. The molecule has 0 atom stereocenters. The zero-order valence-electron chi connectivity index (χ0n) is 6.30. The number of rotatable bonds is 2. The largest absolute Gasteiger partial charge is 0.300 e. The molecule has 0 bridgehead atoms. The maximum Gasteiger partial charge on any atom is 0.0930 e. The minimum absolute atomic E-state index is 0.466. The SMILES string of the molecule is Cc1cc(CON)ccc1Br. The van der Waals surface area contributed by atoms with Gasteiger partial charge in [0.05, 0.1) is 6.61 Å². The Hall–Kier alpha value is -0.380. The summed E-state index contributed by atoms with van der Waals surface area (Å²) >= 11 is 3.41. The molecule has 0 unspecified atom stereocenters. The van der Waals surface area contributed by atoms with E-state index in [1.807, 2.05) is 25.1 Å². The molecule has 1 aromatic carbocycles. The first-order valence-corrected chi connectivity index (χ1v) is 4.10. The van der Waals surface area contributed by atoms with Gasteiger partial charge >= 0.3 is 0 Å². The molecule has 0 aliphatic rings. The molecule has 3 heteroatoms. The molecule has 0 saturated carbocycles. The van der Waals surface area contributed by atoms with E-state index in [-0.39, 0.29) is 0 Å². The molecule has 1 rings (SSSR count). The Labute approximate surface area is 74.4 Å². The van der Waals surface area contributed by atoms with Gasteiger partial charge in [-0.1, -0.05) is 28.1 Å². The van der Waals surface area contributed by atoms with Crippen molar-refractivity contribution < 1.29 is 4.84 Å². The Balaban J connectivity index is 2.86. The molecule has 60 valence electrons. The summed E-state index contributed by atoms with van der Waals surface area (Å²) in [5.74, 6) is 4.94. The van der Waals surface area contributed by atoms with Gasteiger partial charge in [-0.25, -0.2) is 5.90 Å². The molecule has 0 spiro atoms. The van der Waals surface area contributed by atoms with E-state index < -0.39 is 0 Å². The normalized spacial score (nSPS) is 10.1. The van der Waals surface area contributed by atoms with Gasteiger partial charge in [0.25, 0.3) is 0 Å². The minimum atomic E-state index is 0.466. The maximum absolute atomic E-state index is 4.94. The molecule has 2 N–H and O–H groups in total. The van der Waals surface area contributed by atoms with Crippen LogP contribution in [-0.2, 0) is 11.4 Å². The summed E-state index contributed by atoms with van der Waals surface area (Å²) in [7, 11) is 0. The van der Waals surface area contributed by atoms with Crippen molar-refractivity contribution in [3.63, 3.8) is 0 Å². The molecule has 0 heterocycles. The van der Waals surface area contributed by atoms with Crippen LogP contribution in [0.25, 0.3) is 0 Å². The molecule has 0 fully saturated rings. The van der Waals surface area contributed by atoms with Gasteiger partial charge in [0.15, 0.2) is 0 Å². The van der Waals surface area contributed by atoms with E-state index in [0.717, 1.165) is 10.0 Å². The van der Waals surface area contributed by atoms with E-state index in [9.17, 15) is 0 Å². The average molecular weight is 216 g/mol. The highest BCUT2D eigenvalue weighted by Crippen LogP contribution is 2.17. The van der Waals surface area contributed by atoms with Crippen molar-refractivity contribution in [3.05, 3.63) is 33.8 Å². The number of aryl methyl sites for hydroxylation is 1. The van der Waals surface area contributed by atoms with Crippen LogP contribution < -0.4 is 5.90 Å². The van der Waals surface area contributed by atoms with E-state index in [1.165, 1.54) is 5.56 Å². The molecule has 0 aliphatic carbocycles. The Morgan fingerprint density at radius 2 is 2.27 bits per heavy atom. The second kappa shape index (κ2) is 3.85. The van der Waals surface area contributed by atoms with Crippen LogP contribution in [0.5, 0.6) is 0 Å². The Morgan fingerprint density at radius 3 is 2.82 bits per heavy atom. The van der Waals surface area contributed by atoms with E-state index in [0.29, 0.717) is 6.61 Å². The molecular formula is C8H10BrNO. The summed E-state index contributed by atoms with van der Waals surface area (Å²) in [6.45, 7) is 2.50. The first kappa shape index (κ1) is 8.71. The van der Waals surface area contributed by atoms with Gasteiger partial charge in [-0.2, -0.15) is 0 Å². The first-order chi connectivity index (χ1) is 5.24. The average Bonchev–Trinajstić information content (AvgIpc) is 1.98. The standard InChI is InChI=1S/C8H10BrNO/c1-6-4-7(5-11-10)2-3-8(6)9/h2-4H,5,10H2,1H3. The highest BCUT2D eigenvalue weighted by molar-refractivity contribution is 9.10. The number of halogens is 1. The Morgan fingerprint density at radius 1 is 1.55 bits per heavy atom. The van der Waals surface area contributed by atoms with Crippen molar-refractivity contribution >= 4 is 15.9 Å². The summed E-state index contributed by atoms with van der Waals surface area (Å²) in [4.78, 5) is 4.51. The summed E-state index contributed by atoms with van der Waals surface area (Å²) in [6, 6.07) is 6.00. The predicted octanol–water partition coefficient (Wildman–Crippen LogP) is 2.15. The highest BCUT2D eigenvalue weighted by atomic mass is 79.9. The second-order valence-electron chi connectivity index (χ2n) is 2.39. The molecule has 0 amide bonds. The quantitative estimate of drug-likeness (QED) is 0.768. The molecule has 0 radical (unpaired) electrons. The van der Waals surface area contributed by atoms with Gasteiger partial charge in [0, 0.05) is 4.47 Å². The molecule has 0 aromatic heterocycles.